The van der Waals surface area contributed by atoms with Crippen LogP contribution in [0.25, 0.3) is 0 Å². The Hall–Kier alpha value is -1.76. The highest BCUT2D eigenvalue weighted by molar-refractivity contribution is 5.47. The quantitative estimate of drug-likeness (QED) is 0.790. The van der Waals surface area contributed by atoms with Crippen LogP contribution in [0.15, 0.2) is 42.5 Å². The average Bonchev–Trinajstić information content (AvgIpc) is 2.40. The summed E-state index contributed by atoms with van der Waals surface area (Å²) in [6.45, 7) is 1.97. The van der Waals surface area contributed by atoms with Crippen LogP contribution in [0, 0.1) is 6.92 Å². The van der Waals surface area contributed by atoms with Crippen LogP contribution >= 0.6 is 0 Å². The van der Waals surface area contributed by atoms with E-state index in [0.29, 0.717) is 11.7 Å². The summed E-state index contributed by atoms with van der Waals surface area (Å²) < 4.78 is 0. The van der Waals surface area contributed by atoms with Crippen molar-refractivity contribution in [2.75, 3.05) is 0 Å². The van der Waals surface area contributed by atoms with Gasteiger partial charge < -0.3 is 5.11 Å². The second-order valence-electron chi connectivity index (χ2n) is 5.19. The Morgan fingerprint density at radius 3 is 2.67 bits per heavy atom. The van der Waals surface area contributed by atoms with Gasteiger partial charge in [0, 0.05) is 5.92 Å². The maximum absolute atomic E-state index is 9.94. The largest absolute Gasteiger partial charge is 0.508 e. The van der Waals surface area contributed by atoms with Crippen molar-refractivity contribution in [1.29, 1.82) is 0 Å². The number of fused-ring (bicyclic) bond motifs is 1. The molecule has 1 N–H and O–H groups in total. The van der Waals surface area contributed by atoms with E-state index in [1.54, 1.807) is 0 Å². The van der Waals surface area contributed by atoms with Crippen molar-refractivity contribution in [3.63, 3.8) is 0 Å². The SMILES string of the molecule is Cc1cc2c(cc1O)C(c1ccccc1)CCC2. The van der Waals surface area contributed by atoms with Gasteiger partial charge in [0.2, 0.25) is 0 Å². The molecule has 2 aromatic rings. The molecule has 2 aromatic carbocycles. The average molecular weight is 238 g/mol. The van der Waals surface area contributed by atoms with E-state index >= 15 is 0 Å². The Morgan fingerprint density at radius 2 is 1.89 bits per heavy atom. The van der Waals surface area contributed by atoms with Gasteiger partial charge in [0.05, 0.1) is 0 Å². The Kier molecular flexibility index (Phi) is 2.83. The summed E-state index contributed by atoms with van der Waals surface area (Å²) in [6, 6.07) is 14.8. The van der Waals surface area contributed by atoms with Gasteiger partial charge >= 0.3 is 0 Å². The molecule has 0 spiro atoms. The van der Waals surface area contributed by atoms with E-state index in [-0.39, 0.29) is 0 Å². The Bertz CT molecular complexity index is 557. The number of phenols is 1. The molecule has 18 heavy (non-hydrogen) atoms. The molecule has 1 nitrogen and oxygen atoms in total. The molecule has 3 rings (SSSR count). The lowest BCUT2D eigenvalue weighted by Gasteiger charge is -2.26. The van der Waals surface area contributed by atoms with Gasteiger partial charge in [0.1, 0.15) is 5.75 Å². The topological polar surface area (TPSA) is 20.2 Å². The zero-order valence-electron chi connectivity index (χ0n) is 10.7. The van der Waals surface area contributed by atoms with Gasteiger partial charge in [-0.15, -0.1) is 0 Å². The molecule has 0 aromatic heterocycles. The van der Waals surface area contributed by atoms with E-state index in [1.165, 1.54) is 29.5 Å². The lowest BCUT2D eigenvalue weighted by Crippen LogP contribution is -2.11. The first-order valence-electron chi connectivity index (χ1n) is 6.63. The molecule has 1 atom stereocenters. The number of benzene rings is 2. The first-order valence-corrected chi connectivity index (χ1v) is 6.63. The number of hydrogen-bond acceptors (Lipinski definition) is 1. The van der Waals surface area contributed by atoms with Crippen molar-refractivity contribution >= 4 is 0 Å². The summed E-state index contributed by atoms with van der Waals surface area (Å²) in [5, 5.41) is 9.94. The van der Waals surface area contributed by atoms with Gasteiger partial charge in [-0.3, -0.25) is 0 Å². The number of aromatic hydroxyl groups is 1. The molecule has 0 radical (unpaired) electrons. The minimum atomic E-state index is 0.427. The fourth-order valence-electron chi connectivity index (χ4n) is 3.00. The molecular weight excluding hydrogens is 220 g/mol. The smallest absolute Gasteiger partial charge is 0.118 e. The summed E-state index contributed by atoms with van der Waals surface area (Å²) in [5.74, 6) is 0.873. The highest BCUT2D eigenvalue weighted by Gasteiger charge is 2.22. The van der Waals surface area contributed by atoms with Crippen LogP contribution in [0.1, 0.15) is 41.0 Å². The number of rotatable bonds is 1. The predicted molar refractivity (Wildman–Crippen MR) is 74.1 cm³/mol. The number of hydrogen-bond donors (Lipinski definition) is 1. The predicted octanol–water partition coefficient (Wildman–Crippen LogP) is 4.17. The maximum Gasteiger partial charge on any atom is 0.118 e. The number of aryl methyl sites for hydroxylation is 2. The van der Waals surface area contributed by atoms with Crippen LogP contribution in [-0.2, 0) is 6.42 Å². The van der Waals surface area contributed by atoms with E-state index in [4.69, 9.17) is 0 Å². The fraction of sp³-hybridized carbons (Fsp3) is 0.294. The minimum absolute atomic E-state index is 0.427. The Labute approximate surface area is 108 Å². The first-order chi connectivity index (χ1) is 8.75. The molecule has 0 heterocycles. The second-order valence-corrected chi connectivity index (χ2v) is 5.19. The Balaban J connectivity index is 2.09. The van der Waals surface area contributed by atoms with E-state index in [2.05, 4.69) is 36.4 Å². The minimum Gasteiger partial charge on any atom is -0.508 e. The molecule has 1 unspecified atom stereocenters. The molecule has 0 bridgehead atoms. The maximum atomic E-state index is 9.94. The molecule has 1 aliphatic carbocycles. The molecule has 0 saturated carbocycles. The fourth-order valence-corrected chi connectivity index (χ4v) is 3.00. The number of phenolic OH excluding ortho intramolecular Hbond substituents is 1. The van der Waals surface area contributed by atoms with Crippen LogP contribution in [0.5, 0.6) is 5.75 Å². The third kappa shape index (κ3) is 1.90. The zero-order chi connectivity index (χ0) is 12.5. The molecule has 0 saturated heterocycles. The summed E-state index contributed by atoms with van der Waals surface area (Å²) in [6.07, 6.45) is 3.55. The molecule has 1 heteroatoms. The zero-order valence-corrected chi connectivity index (χ0v) is 10.7. The van der Waals surface area contributed by atoms with Crippen molar-refractivity contribution in [2.24, 2.45) is 0 Å². The summed E-state index contributed by atoms with van der Waals surface area (Å²) in [4.78, 5) is 0. The lowest BCUT2D eigenvalue weighted by molar-refractivity contribution is 0.467. The van der Waals surface area contributed by atoms with Gasteiger partial charge in [-0.2, -0.15) is 0 Å². The normalized spacial score (nSPS) is 18.4. The third-order valence-electron chi connectivity index (χ3n) is 3.97. The molecule has 0 amide bonds. The highest BCUT2D eigenvalue weighted by atomic mass is 16.3. The van der Waals surface area contributed by atoms with Crippen LogP contribution < -0.4 is 0 Å². The van der Waals surface area contributed by atoms with E-state index in [1.807, 2.05) is 13.0 Å². The van der Waals surface area contributed by atoms with E-state index in [0.717, 1.165) is 12.0 Å². The summed E-state index contributed by atoms with van der Waals surface area (Å²) in [7, 11) is 0. The molecule has 92 valence electrons. The first kappa shape index (κ1) is 11.3. The van der Waals surface area contributed by atoms with Crippen LogP contribution in [0.4, 0.5) is 0 Å². The van der Waals surface area contributed by atoms with Crippen molar-refractivity contribution in [2.45, 2.75) is 32.1 Å². The van der Waals surface area contributed by atoms with E-state index < -0.39 is 0 Å². The standard InChI is InChI=1S/C17H18O/c1-12-10-14-8-5-9-15(16(14)11-17(12)18)13-6-3-2-4-7-13/h2-4,6-7,10-11,15,18H,5,8-9H2,1H3. The van der Waals surface area contributed by atoms with Gasteiger partial charge in [0.15, 0.2) is 0 Å². The van der Waals surface area contributed by atoms with Crippen molar-refractivity contribution < 1.29 is 5.11 Å². The lowest BCUT2D eigenvalue weighted by atomic mass is 9.78. The van der Waals surface area contributed by atoms with Gasteiger partial charge in [-0.05, 0) is 54.5 Å². The van der Waals surface area contributed by atoms with Crippen LogP contribution in [-0.4, -0.2) is 5.11 Å². The Morgan fingerprint density at radius 1 is 1.11 bits per heavy atom. The van der Waals surface area contributed by atoms with Crippen molar-refractivity contribution in [3.8, 4) is 5.75 Å². The third-order valence-corrected chi connectivity index (χ3v) is 3.97. The van der Waals surface area contributed by atoms with E-state index in [9.17, 15) is 5.11 Å². The monoisotopic (exact) mass is 238 g/mol. The van der Waals surface area contributed by atoms with Crippen LogP contribution in [0.2, 0.25) is 0 Å². The summed E-state index contributed by atoms with van der Waals surface area (Å²) in [5.41, 5.74) is 5.07. The molecular formula is C17H18O. The summed E-state index contributed by atoms with van der Waals surface area (Å²) >= 11 is 0. The highest BCUT2D eigenvalue weighted by Crippen LogP contribution is 2.39. The van der Waals surface area contributed by atoms with Crippen molar-refractivity contribution in [3.05, 3.63) is 64.7 Å². The van der Waals surface area contributed by atoms with Crippen LogP contribution in [0.3, 0.4) is 0 Å². The molecule has 1 aliphatic rings. The van der Waals surface area contributed by atoms with Gasteiger partial charge in [-0.25, -0.2) is 0 Å². The van der Waals surface area contributed by atoms with Crippen molar-refractivity contribution in [1.82, 2.24) is 0 Å². The molecule has 0 aliphatic heterocycles. The van der Waals surface area contributed by atoms with Gasteiger partial charge in [-0.1, -0.05) is 36.4 Å². The van der Waals surface area contributed by atoms with Gasteiger partial charge in [0.25, 0.3) is 0 Å². The molecule has 0 fully saturated rings. The second kappa shape index (κ2) is 4.49.